The van der Waals surface area contributed by atoms with Gasteiger partial charge in [0.1, 0.15) is 0 Å². The number of hydrogen-bond donors (Lipinski definition) is 2. The molecule has 0 saturated carbocycles. The largest absolute Gasteiger partial charge is 0.416 e. The molecule has 2 aromatic rings. The highest BCUT2D eigenvalue weighted by Crippen LogP contribution is 2.29. The molecule has 0 radical (unpaired) electrons. The summed E-state index contributed by atoms with van der Waals surface area (Å²) in [5.74, 6) is -0.427. The van der Waals surface area contributed by atoms with Gasteiger partial charge >= 0.3 is 6.18 Å². The number of amides is 1. The lowest BCUT2D eigenvalue weighted by Crippen LogP contribution is -2.20. The molecule has 1 amide bonds. The summed E-state index contributed by atoms with van der Waals surface area (Å²) in [7, 11) is -3.43. The third kappa shape index (κ3) is 7.11. The van der Waals surface area contributed by atoms with Gasteiger partial charge in [-0.1, -0.05) is 30.9 Å². The van der Waals surface area contributed by atoms with E-state index in [0.717, 1.165) is 24.0 Å². The van der Waals surface area contributed by atoms with Gasteiger partial charge in [0.25, 0.3) is 0 Å². The monoisotopic (exact) mass is 424 g/mol. The van der Waals surface area contributed by atoms with Gasteiger partial charge in [0.2, 0.25) is 15.9 Å². The number of anilines is 1. The molecular weight excluding hydrogens is 405 g/mol. The number of sulfonamides is 1. The molecule has 154 valence electrons. The van der Waals surface area contributed by atoms with Crippen molar-refractivity contribution in [3.63, 3.8) is 0 Å². The highest BCUT2D eigenvalue weighted by atomic mass is 32.2. The SMILES string of the molecule is C=Cc1cc(CNC(=O)/C=C/c2ccc(C(F)(F)F)cc2)ccc1NS(C)(=O)=O. The van der Waals surface area contributed by atoms with E-state index in [1.807, 2.05) is 0 Å². The minimum atomic E-state index is -4.41. The lowest BCUT2D eigenvalue weighted by molar-refractivity contribution is -0.137. The van der Waals surface area contributed by atoms with E-state index >= 15 is 0 Å². The topological polar surface area (TPSA) is 75.3 Å². The van der Waals surface area contributed by atoms with Crippen molar-refractivity contribution in [1.82, 2.24) is 5.32 Å². The van der Waals surface area contributed by atoms with Crippen LogP contribution in [0, 0.1) is 0 Å². The van der Waals surface area contributed by atoms with Crippen molar-refractivity contribution >= 4 is 33.8 Å². The van der Waals surface area contributed by atoms with Crippen LogP contribution in [0.25, 0.3) is 12.2 Å². The maximum atomic E-state index is 12.5. The van der Waals surface area contributed by atoms with Gasteiger partial charge in [0, 0.05) is 12.6 Å². The number of alkyl halides is 3. The smallest absolute Gasteiger partial charge is 0.348 e. The van der Waals surface area contributed by atoms with Gasteiger partial charge in [-0.3, -0.25) is 9.52 Å². The van der Waals surface area contributed by atoms with Crippen molar-refractivity contribution in [2.24, 2.45) is 0 Å². The van der Waals surface area contributed by atoms with E-state index in [-0.39, 0.29) is 6.54 Å². The van der Waals surface area contributed by atoms with Crippen molar-refractivity contribution in [3.8, 4) is 0 Å². The van der Waals surface area contributed by atoms with Crippen LogP contribution in [0.2, 0.25) is 0 Å². The summed E-state index contributed by atoms with van der Waals surface area (Å²) >= 11 is 0. The van der Waals surface area contributed by atoms with Crippen molar-refractivity contribution in [1.29, 1.82) is 0 Å². The Labute approximate surface area is 167 Å². The Kier molecular flexibility index (Phi) is 6.86. The Bertz CT molecular complexity index is 1030. The molecule has 2 N–H and O–H groups in total. The number of halogens is 3. The second-order valence-electron chi connectivity index (χ2n) is 6.17. The van der Waals surface area contributed by atoms with E-state index in [1.54, 1.807) is 18.2 Å². The Hall–Kier alpha value is -3.07. The molecule has 0 aliphatic heterocycles. The molecule has 0 aliphatic carbocycles. The van der Waals surface area contributed by atoms with E-state index in [0.29, 0.717) is 16.8 Å². The summed E-state index contributed by atoms with van der Waals surface area (Å²) in [6.45, 7) is 3.82. The molecule has 9 heteroatoms. The number of nitrogens with one attached hydrogen (secondary N) is 2. The van der Waals surface area contributed by atoms with Crippen LogP contribution in [0.5, 0.6) is 0 Å². The maximum absolute atomic E-state index is 12.5. The fourth-order valence-corrected chi connectivity index (χ4v) is 2.97. The van der Waals surface area contributed by atoms with Gasteiger partial charge in [0.05, 0.1) is 17.5 Å². The molecule has 29 heavy (non-hydrogen) atoms. The summed E-state index contributed by atoms with van der Waals surface area (Å²) in [6, 6.07) is 9.34. The third-order valence-electron chi connectivity index (χ3n) is 3.76. The first kappa shape index (κ1) is 22.2. The van der Waals surface area contributed by atoms with E-state index in [1.165, 1.54) is 30.4 Å². The number of rotatable bonds is 7. The van der Waals surface area contributed by atoms with Gasteiger partial charge in [-0.15, -0.1) is 0 Å². The van der Waals surface area contributed by atoms with Crippen LogP contribution in [0.4, 0.5) is 18.9 Å². The van der Waals surface area contributed by atoms with Crippen molar-refractivity contribution in [2.75, 3.05) is 11.0 Å². The molecule has 2 rings (SSSR count). The van der Waals surface area contributed by atoms with Crippen molar-refractivity contribution in [3.05, 3.63) is 77.4 Å². The molecular formula is C20H19F3N2O3S. The van der Waals surface area contributed by atoms with Crippen LogP contribution in [0.1, 0.15) is 22.3 Å². The maximum Gasteiger partial charge on any atom is 0.416 e. The highest BCUT2D eigenvalue weighted by Gasteiger charge is 2.29. The standard InChI is InChI=1S/C20H19F3N2O3S/c1-3-16-12-15(6-10-18(16)25-29(2,27)28)13-24-19(26)11-7-14-4-8-17(9-5-14)20(21,22)23/h3-12,25H,1,13H2,2H3,(H,24,26)/b11-7+. The van der Waals surface area contributed by atoms with E-state index in [9.17, 15) is 26.4 Å². The highest BCUT2D eigenvalue weighted by molar-refractivity contribution is 7.92. The van der Waals surface area contributed by atoms with Gasteiger partial charge in [-0.2, -0.15) is 13.2 Å². The summed E-state index contributed by atoms with van der Waals surface area (Å²) < 4.78 is 62.7. The average molecular weight is 424 g/mol. The van der Waals surface area contributed by atoms with Crippen LogP contribution in [-0.2, 0) is 27.5 Å². The molecule has 0 unspecified atom stereocenters. The number of carbonyl (C=O) groups is 1. The van der Waals surface area contributed by atoms with Crippen molar-refractivity contribution in [2.45, 2.75) is 12.7 Å². The van der Waals surface area contributed by atoms with E-state index < -0.39 is 27.7 Å². The Morgan fingerprint density at radius 1 is 1.14 bits per heavy atom. The van der Waals surface area contributed by atoms with Gasteiger partial charge in [-0.05, 0) is 47.0 Å². The third-order valence-corrected chi connectivity index (χ3v) is 4.35. The first-order valence-electron chi connectivity index (χ1n) is 8.34. The molecule has 0 fully saturated rings. The summed E-state index contributed by atoms with van der Waals surface area (Å²) in [5.41, 5.74) is 1.35. The number of benzene rings is 2. The van der Waals surface area contributed by atoms with Gasteiger partial charge in [-0.25, -0.2) is 8.42 Å². The van der Waals surface area contributed by atoms with Gasteiger partial charge < -0.3 is 5.32 Å². The molecule has 0 saturated heterocycles. The molecule has 0 heterocycles. The van der Waals surface area contributed by atoms with Crippen LogP contribution in [0.15, 0.2) is 55.1 Å². The fraction of sp³-hybridized carbons (Fsp3) is 0.150. The fourth-order valence-electron chi connectivity index (χ4n) is 2.39. The first-order chi connectivity index (χ1) is 13.5. The molecule has 0 aliphatic rings. The zero-order valence-corrected chi connectivity index (χ0v) is 16.3. The lowest BCUT2D eigenvalue weighted by atomic mass is 10.1. The Morgan fingerprint density at radius 3 is 2.34 bits per heavy atom. The van der Waals surface area contributed by atoms with Crippen LogP contribution in [-0.4, -0.2) is 20.6 Å². The lowest BCUT2D eigenvalue weighted by Gasteiger charge is -2.10. The van der Waals surface area contributed by atoms with Crippen LogP contribution in [0.3, 0.4) is 0 Å². The van der Waals surface area contributed by atoms with Gasteiger partial charge in [0.15, 0.2) is 0 Å². The second kappa shape index (κ2) is 8.95. The average Bonchev–Trinajstić information content (AvgIpc) is 2.64. The molecule has 0 bridgehead atoms. The van der Waals surface area contributed by atoms with E-state index in [2.05, 4.69) is 16.6 Å². The summed E-state index contributed by atoms with van der Waals surface area (Å²) in [6.07, 6.45) is 0.747. The summed E-state index contributed by atoms with van der Waals surface area (Å²) in [4.78, 5) is 11.9. The van der Waals surface area contributed by atoms with Crippen LogP contribution >= 0.6 is 0 Å². The Morgan fingerprint density at radius 2 is 1.79 bits per heavy atom. The molecule has 5 nitrogen and oxygen atoms in total. The van der Waals surface area contributed by atoms with E-state index in [4.69, 9.17) is 0 Å². The van der Waals surface area contributed by atoms with Crippen LogP contribution < -0.4 is 10.0 Å². The Balaban J connectivity index is 1.98. The first-order valence-corrected chi connectivity index (χ1v) is 10.2. The number of carbonyl (C=O) groups excluding carboxylic acids is 1. The van der Waals surface area contributed by atoms with Crippen molar-refractivity contribution < 1.29 is 26.4 Å². The quantitative estimate of drug-likeness (QED) is 0.659. The minimum Gasteiger partial charge on any atom is -0.348 e. The second-order valence-corrected chi connectivity index (χ2v) is 7.92. The zero-order chi connectivity index (χ0) is 21.7. The summed E-state index contributed by atoms with van der Waals surface area (Å²) in [5, 5.41) is 2.65. The molecule has 2 aromatic carbocycles. The predicted octanol–water partition coefficient (Wildman–Crippen LogP) is 4.05. The number of hydrogen-bond acceptors (Lipinski definition) is 3. The molecule has 0 atom stereocenters. The molecule has 0 aromatic heterocycles. The normalized spacial score (nSPS) is 12.0. The predicted molar refractivity (Wildman–Crippen MR) is 107 cm³/mol. The molecule has 0 spiro atoms. The minimum absolute atomic E-state index is 0.177. The zero-order valence-electron chi connectivity index (χ0n) is 15.5.